The van der Waals surface area contributed by atoms with Crippen LogP contribution in [-0.2, 0) is 43.4 Å². The highest BCUT2D eigenvalue weighted by Gasteiger charge is 2.31. The van der Waals surface area contributed by atoms with Crippen molar-refractivity contribution < 1.29 is 33.7 Å². The molecule has 2 aromatic carbocycles. The Bertz CT molecular complexity index is 920. The smallest absolute Gasteiger partial charge is 0.408 e. The van der Waals surface area contributed by atoms with Gasteiger partial charge in [0.2, 0.25) is 0 Å². The number of carbonyl (C=O) groups excluding carboxylic acids is 2. The van der Waals surface area contributed by atoms with E-state index in [1.54, 1.807) is 52.0 Å². The maximum absolute atomic E-state index is 12.8. The fraction of sp³-hybridized carbons (Fsp3) is 0.400. The predicted octanol–water partition coefficient (Wildman–Crippen LogP) is 3.86. The minimum Gasteiger partial charge on any atom is -0.481 e. The monoisotopic (exact) mass is 457 g/mol. The molecule has 2 atom stereocenters. The molecule has 0 fully saturated rings. The summed E-state index contributed by atoms with van der Waals surface area (Å²) in [7, 11) is 0. The number of esters is 1. The highest BCUT2D eigenvalue weighted by molar-refractivity contribution is 5.82. The highest BCUT2D eigenvalue weighted by Crippen LogP contribution is 2.12. The van der Waals surface area contributed by atoms with E-state index in [-0.39, 0.29) is 19.6 Å². The molecule has 8 nitrogen and oxygen atoms in total. The molecule has 1 amide bonds. The lowest BCUT2D eigenvalue weighted by Crippen LogP contribution is -2.50. The molecule has 2 N–H and O–H groups in total. The highest BCUT2D eigenvalue weighted by atomic mass is 16.6. The van der Waals surface area contributed by atoms with E-state index in [2.05, 4.69) is 5.32 Å². The van der Waals surface area contributed by atoms with Gasteiger partial charge in [0.25, 0.3) is 0 Å². The first-order valence-electron chi connectivity index (χ1n) is 10.6. The molecule has 0 saturated heterocycles. The van der Waals surface area contributed by atoms with Crippen LogP contribution in [0.2, 0.25) is 0 Å². The molecule has 33 heavy (non-hydrogen) atoms. The molecule has 0 bridgehead atoms. The van der Waals surface area contributed by atoms with Crippen LogP contribution >= 0.6 is 0 Å². The molecule has 0 radical (unpaired) electrons. The summed E-state index contributed by atoms with van der Waals surface area (Å²) in [6.45, 7) is 7.07. The lowest BCUT2D eigenvalue weighted by Gasteiger charge is -2.26. The molecule has 178 valence electrons. The molecule has 0 unspecified atom stereocenters. The van der Waals surface area contributed by atoms with Crippen molar-refractivity contribution in [1.82, 2.24) is 5.32 Å². The van der Waals surface area contributed by atoms with Gasteiger partial charge in [-0.2, -0.15) is 0 Å². The number of amides is 1. The van der Waals surface area contributed by atoms with Crippen molar-refractivity contribution in [2.75, 3.05) is 0 Å². The lowest BCUT2D eigenvalue weighted by atomic mass is 10.1. The second-order valence-corrected chi connectivity index (χ2v) is 8.62. The van der Waals surface area contributed by atoms with Gasteiger partial charge in [-0.3, -0.25) is 4.79 Å². The summed E-state index contributed by atoms with van der Waals surface area (Å²) in [6.07, 6.45) is -1.53. The molecular weight excluding hydrogens is 426 g/mol. The van der Waals surface area contributed by atoms with Crippen LogP contribution in [0.25, 0.3) is 0 Å². The Morgan fingerprint density at radius 3 is 2.06 bits per heavy atom. The van der Waals surface area contributed by atoms with Crippen LogP contribution in [0.4, 0.5) is 4.79 Å². The van der Waals surface area contributed by atoms with E-state index in [0.29, 0.717) is 11.1 Å². The Kier molecular flexibility index (Phi) is 9.42. The molecule has 8 heteroatoms. The number of nitrogens with one attached hydrogen (secondary N) is 1. The van der Waals surface area contributed by atoms with Gasteiger partial charge in [0.1, 0.15) is 12.2 Å². The summed E-state index contributed by atoms with van der Waals surface area (Å²) in [4.78, 5) is 35.9. The van der Waals surface area contributed by atoms with E-state index in [1.165, 1.54) is 0 Å². The average molecular weight is 458 g/mol. The van der Waals surface area contributed by atoms with Gasteiger partial charge in [0.15, 0.2) is 6.04 Å². The normalized spacial score (nSPS) is 13.0. The van der Waals surface area contributed by atoms with E-state index in [9.17, 15) is 14.4 Å². The van der Waals surface area contributed by atoms with Gasteiger partial charge < -0.3 is 24.6 Å². The zero-order valence-electron chi connectivity index (χ0n) is 19.4. The Morgan fingerprint density at radius 2 is 1.48 bits per heavy atom. The molecule has 0 heterocycles. The van der Waals surface area contributed by atoms with Gasteiger partial charge in [-0.15, -0.1) is 0 Å². The van der Waals surface area contributed by atoms with Crippen molar-refractivity contribution in [1.29, 1.82) is 0 Å². The third-order valence-corrected chi connectivity index (χ3v) is 4.51. The molecule has 0 aromatic heterocycles. The van der Waals surface area contributed by atoms with Crippen molar-refractivity contribution in [3.05, 3.63) is 71.3 Å². The fourth-order valence-electron chi connectivity index (χ4n) is 2.87. The third kappa shape index (κ3) is 9.74. The second kappa shape index (κ2) is 12.0. The molecule has 0 spiro atoms. The van der Waals surface area contributed by atoms with Crippen LogP contribution in [0.5, 0.6) is 0 Å². The minimum absolute atomic E-state index is 0.0376. The van der Waals surface area contributed by atoms with Gasteiger partial charge in [-0.05, 0) is 44.4 Å². The van der Waals surface area contributed by atoms with Crippen LogP contribution in [0.3, 0.4) is 0 Å². The van der Waals surface area contributed by atoms with Gasteiger partial charge in [0.05, 0.1) is 19.1 Å². The van der Waals surface area contributed by atoms with Crippen LogP contribution in [0.15, 0.2) is 54.6 Å². The third-order valence-electron chi connectivity index (χ3n) is 4.51. The first-order valence-corrected chi connectivity index (χ1v) is 10.6. The summed E-state index contributed by atoms with van der Waals surface area (Å²) in [5.74, 6) is -1.59. The summed E-state index contributed by atoms with van der Waals surface area (Å²) >= 11 is 0. The predicted molar refractivity (Wildman–Crippen MR) is 121 cm³/mol. The number of carbonyl (C=O) groups is 3. The number of alkyl carbamates (subject to hydrolysis) is 1. The number of rotatable bonds is 10. The maximum atomic E-state index is 12.8. The van der Waals surface area contributed by atoms with Crippen LogP contribution < -0.4 is 5.32 Å². The SMILES string of the molecule is C[C@@H](OCc1ccccc1)[C@H](NC(=O)OC(C)(C)C)C(=O)OCc1ccc(CC(=O)O)cc1. The molecule has 2 rings (SSSR count). The molecule has 2 aromatic rings. The average Bonchev–Trinajstić information content (AvgIpc) is 2.74. The Morgan fingerprint density at radius 1 is 0.909 bits per heavy atom. The standard InChI is InChI=1S/C25H31NO7/c1-17(31-15-19-8-6-5-7-9-19)22(26-24(30)33-25(2,3)4)23(29)32-16-20-12-10-18(11-13-20)14-21(27)28/h5-13,17,22H,14-16H2,1-4H3,(H,26,30)(H,27,28)/t17-,22+/m1/s1. The molecule has 0 aliphatic carbocycles. The summed E-state index contributed by atoms with van der Waals surface area (Å²) in [6, 6.07) is 15.1. The summed E-state index contributed by atoms with van der Waals surface area (Å²) in [5.41, 5.74) is 1.52. The maximum Gasteiger partial charge on any atom is 0.408 e. The minimum atomic E-state index is -1.09. The molecular formula is C25H31NO7. The van der Waals surface area contributed by atoms with Gasteiger partial charge in [0, 0.05) is 0 Å². The van der Waals surface area contributed by atoms with Crippen molar-refractivity contribution >= 4 is 18.0 Å². The fourth-order valence-corrected chi connectivity index (χ4v) is 2.87. The number of carboxylic acid groups (broad SMARTS) is 1. The largest absolute Gasteiger partial charge is 0.481 e. The Balaban J connectivity index is 2.02. The van der Waals surface area contributed by atoms with E-state index < -0.39 is 35.8 Å². The number of benzene rings is 2. The number of hydrogen-bond acceptors (Lipinski definition) is 6. The van der Waals surface area contributed by atoms with Crippen LogP contribution in [0.1, 0.15) is 44.4 Å². The van der Waals surface area contributed by atoms with Gasteiger partial charge >= 0.3 is 18.0 Å². The topological polar surface area (TPSA) is 111 Å². The van der Waals surface area contributed by atoms with Crippen molar-refractivity contribution in [3.63, 3.8) is 0 Å². The lowest BCUT2D eigenvalue weighted by molar-refractivity contribution is -0.152. The van der Waals surface area contributed by atoms with E-state index in [0.717, 1.165) is 5.56 Å². The van der Waals surface area contributed by atoms with Crippen LogP contribution in [0, 0.1) is 0 Å². The summed E-state index contributed by atoms with van der Waals surface area (Å²) < 4.78 is 16.5. The first-order chi connectivity index (χ1) is 15.5. The quantitative estimate of drug-likeness (QED) is 0.521. The van der Waals surface area contributed by atoms with Crippen molar-refractivity contribution in [3.8, 4) is 0 Å². The van der Waals surface area contributed by atoms with Gasteiger partial charge in [-0.1, -0.05) is 54.6 Å². The molecule has 0 aliphatic rings. The second-order valence-electron chi connectivity index (χ2n) is 8.62. The van der Waals surface area contributed by atoms with Crippen molar-refractivity contribution in [2.24, 2.45) is 0 Å². The molecule has 0 saturated carbocycles. The zero-order valence-corrected chi connectivity index (χ0v) is 19.4. The Labute approximate surface area is 193 Å². The summed E-state index contributed by atoms with van der Waals surface area (Å²) in [5, 5.41) is 11.4. The zero-order chi connectivity index (χ0) is 24.4. The number of aliphatic carboxylic acids is 1. The van der Waals surface area contributed by atoms with Crippen LogP contribution in [-0.4, -0.2) is 40.9 Å². The number of hydrogen-bond donors (Lipinski definition) is 2. The Hall–Kier alpha value is -3.39. The number of carboxylic acids is 1. The van der Waals surface area contributed by atoms with E-state index >= 15 is 0 Å². The van der Waals surface area contributed by atoms with E-state index in [1.807, 2.05) is 30.3 Å². The molecule has 0 aliphatic heterocycles. The number of ether oxygens (including phenoxy) is 3. The van der Waals surface area contributed by atoms with E-state index in [4.69, 9.17) is 19.3 Å². The van der Waals surface area contributed by atoms with Gasteiger partial charge in [-0.25, -0.2) is 9.59 Å². The first kappa shape index (κ1) is 25.9. The van der Waals surface area contributed by atoms with Crippen molar-refractivity contribution in [2.45, 2.75) is 65.1 Å².